The first-order valence-corrected chi connectivity index (χ1v) is 10.2. The molecule has 0 spiro atoms. The van der Waals surface area contributed by atoms with Crippen LogP contribution in [-0.4, -0.2) is 37.2 Å². The minimum atomic E-state index is -4.56. The summed E-state index contributed by atoms with van der Waals surface area (Å²) >= 11 is 0. The topological polar surface area (TPSA) is 76.8 Å². The second-order valence-corrected chi connectivity index (χ2v) is 7.83. The van der Waals surface area contributed by atoms with Crippen LogP contribution in [0, 0.1) is 6.92 Å². The van der Waals surface area contributed by atoms with Gasteiger partial charge >= 0.3 is 6.18 Å². The van der Waals surface area contributed by atoms with Gasteiger partial charge in [0.15, 0.2) is 0 Å². The van der Waals surface area contributed by atoms with Crippen molar-refractivity contribution < 1.29 is 13.2 Å². The Kier molecular flexibility index (Phi) is 4.79. The van der Waals surface area contributed by atoms with Gasteiger partial charge < -0.3 is 4.90 Å². The van der Waals surface area contributed by atoms with Gasteiger partial charge in [0.2, 0.25) is 0 Å². The van der Waals surface area contributed by atoms with Gasteiger partial charge in [0, 0.05) is 18.1 Å². The molecule has 7 nitrogen and oxygen atoms in total. The molecule has 0 aliphatic carbocycles. The highest BCUT2D eigenvalue weighted by atomic mass is 19.4. The maximum atomic E-state index is 13.4. The van der Waals surface area contributed by atoms with Crippen LogP contribution in [0.5, 0.6) is 0 Å². The Hall–Kier alpha value is -3.56. The van der Waals surface area contributed by atoms with E-state index in [0.29, 0.717) is 35.6 Å². The number of rotatable bonds is 3. The first-order valence-electron chi connectivity index (χ1n) is 10.2. The second kappa shape index (κ2) is 7.54. The van der Waals surface area contributed by atoms with Crippen LogP contribution in [0.15, 0.2) is 47.5 Å². The number of nitrogens with zero attached hydrogens (tertiary/aromatic N) is 6. The van der Waals surface area contributed by atoms with Crippen molar-refractivity contribution in [2.24, 2.45) is 0 Å². The first-order chi connectivity index (χ1) is 15.3. The normalized spacial score (nSPS) is 16.9. The molecule has 0 saturated carbocycles. The number of alkyl halides is 3. The Morgan fingerprint density at radius 2 is 1.88 bits per heavy atom. The van der Waals surface area contributed by atoms with Crippen LogP contribution >= 0.6 is 0 Å². The average Bonchev–Trinajstić information content (AvgIpc) is 3.23. The monoisotopic (exact) mass is 440 g/mol. The van der Waals surface area contributed by atoms with Crippen molar-refractivity contribution in [3.05, 3.63) is 64.7 Å². The zero-order valence-corrected chi connectivity index (χ0v) is 17.2. The molecule has 1 aromatic carbocycles. The van der Waals surface area contributed by atoms with E-state index in [-0.39, 0.29) is 11.2 Å². The van der Waals surface area contributed by atoms with Gasteiger partial charge in [0.1, 0.15) is 24.0 Å². The Balaban J connectivity index is 1.72. The summed E-state index contributed by atoms with van der Waals surface area (Å²) in [5.41, 5.74) is 0.341. The van der Waals surface area contributed by atoms with Gasteiger partial charge in [-0.2, -0.15) is 13.2 Å². The van der Waals surface area contributed by atoms with Crippen LogP contribution in [-0.2, 0) is 6.54 Å². The van der Waals surface area contributed by atoms with Crippen molar-refractivity contribution in [1.82, 2.24) is 24.5 Å². The maximum absolute atomic E-state index is 13.4. The highest BCUT2D eigenvalue weighted by Crippen LogP contribution is 2.38. The van der Waals surface area contributed by atoms with E-state index in [1.807, 2.05) is 4.90 Å². The standard InChI is InChI=1S/C22H19F3N6O/c1-13-27-17-11-26-9-8-14(17)19(28-13)30-10-4-7-18(30)20-29-16-6-3-2-5-15(16)21(32)31(20)12-22(23,24)25/h2-3,5-6,8-9,11,18H,4,7,10,12H2,1H3. The molecule has 1 saturated heterocycles. The van der Waals surface area contributed by atoms with E-state index in [0.717, 1.165) is 16.4 Å². The summed E-state index contributed by atoms with van der Waals surface area (Å²) in [6.07, 6.45) is -0.0147. The van der Waals surface area contributed by atoms with Crippen molar-refractivity contribution in [3.63, 3.8) is 0 Å². The van der Waals surface area contributed by atoms with E-state index in [4.69, 9.17) is 0 Å². The summed E-state index contributed by atoms with van der Waals surface area (Å²) in [5, 5.41) is 0.919. The molecule has 1 fully saturated rings. The molecule has 0 amide bonds. The Labute approximate surface area is 180 Å². The van der Waals surface area contributed by atoms with Gasteiger partial charge in [-0.05, 0) is 38.0 Å². The van der Waals surface area contributed by atoms with E-state index >= 15 is 0 Å². The zero-order valence-electron chi connectivity index (χ0n) is 17.2. The summed E-state index contributed by atoms with van der Waals surface area (Å²) in [5.74, 6) is 1.24. The van der Waals surface area contributed by atoms with E-state index in [1.54, 1.807) is 43.6 Å². The lowest BCUT2D eigenvalue weighted by molar-refractivity contribution is -0.141. The molecule has 164 valence electrons. The second-order valence-electron chi connectivity index (χ2n) is 7.83. The molecule has 0 N–H and O–H groups in total. The average molecular weight is 440 g/mol. The van der Waals surface area contributed by atoms with Gasteiger partial charge in [-0.25, -0.2) is 15.0 Å². The molecular formula is C22H19F3N6O. The van der Waals surface area contributed by atoms with Gasteiger partial charge in [-0.3, -0.25) is 14.3 Å². The maximum Gasteiger partial charge on any atom is 0.406 e. The molecule has 1 aliphatic heterocycles. The van der Waals surface area contributed by atoms with Gasteiger partial charge in [-0.1, -0.05) is 12.1 Å². The Morgan fingerprint density at radius 1 is 1.06 bits per heavy atom. The predicted octanol–water partition coefficient (Wildman–Crippen LogP) is 3.95. The number of benzene rings is 1. The van der Waals surface area contributed by atoms with Gasteiger partial charge in [0.05, 0.1) is 28.7 Å². The quantitative estimate of drug-likeness (QED) is 0.480. The van der Waals surface area contributed by atoms with E-state index < -0.39 is 24.3 Å². The van der Waals surface area contributed by atoms with Gasteiger partial charge in [-0.15, -0.1) is 0 Å². The molecule has 5 rings (SSSR count). The minimum absolute atomic E-state index is 0.0991. The van der Waals surface area contributed by atoms with E-state index in [1.165, 1.54) is 6.07 Å². The summed E-state index contributed by atoms with van der Waals surface area (Å²) in [4.78, 5) is 32.7. The predicted molar refractivity (Wildman–Crippen MR) is 113 cm³/mol. The molecule has 10 heteroatoms. The largest absolute Gasteiger partial charge is 0.406 e. The molecule has 1 unspecified atom stereocenters. The fourth-order valence-electron chi connectivity index (χ4n) is 4.36. The molecular weight excluding hydrogens is 421 g/mol. The van der Waals surface area contributed by atoms with E-state index in [9.17, 15) is 18.0 Å². The molecule has 4 heterocycles. The molecule has 4 aromatic rings. The molecule has 0 bridgehead atoms. The highest BCUT2D eigenvalue weighted by molar-refractivity contribution is 5.89. The minimum Gasteiger partial charge on any atom is -0.346 e. The molecule has 1 aliphatic rings. The van der Waals surface area contributed by atoms with Crippen molar-refractivity contribution in [2.45, 2.75) is 38.5 Å². The van der Waals surface area contributed by atoms with Crippen LogP contribution in [0.1, 0.15) is 30.5 Å². The number of hydrogen-bond donors (Lipinski definition) is 0. The highest BCUT2D eigenvalue weighted by Gasteiger charge is 2.36. The Bertz CT molecular complexity index is 1380. The molecule has 1 atom stereocenters. The fraction of sp³-hybridized carbons (Fsp3) is 0.318. The number of aryl methyl sites for hydroxylation is 1. The molecule has 0 radical (unpaired) electrons. The van der Waals surface area contributed by atoms with Crippen molar-refractivity contribution >= 4 is 27.6 Å². The Morgan fingerprint density at radius 3 is 2.69 bits per heavy atom. The van der Waals surface area contributed by atoms with Crippen LogP contribution in [0.4, 0.5) is 19.0 Å². The molecule has 32 heavy (non-hydrogen) atoms. The van der Waals surface area contributed by atoms with Crippen LogP contribution in [0.2, 0.25) is 0 Å². The van der Waals surface area contributed by atoms with E-state index in [2.05, 4.69) is 19.9 Å². The van der Waals surface area contributed by atoms with Crippen LogP contribution in [0.3, 0.4) is 0 Å². The zero-order chi connectivity index (χ0) is 22.5. The summed E-state index contributed by atoms with van der Waals surface area (Å²) < 4.78 is 41.1. The van der Waals surface area contributed by atoms with Crippen molar-refractivity contribution in [1.29, 1.82) is 0 Å². The lowest BCUT2D eigenvalue weighted by Gasteiger charge is -2.28. The number of hydrogen-bond acceptors (Lipinski definition) is 6. The number of anilines is 1. The third-order valence-electron chi connectivity index (χ3n) is 5.64. The van der Waals surface area contributed by atoms with Crippen LogP contribution in [0.25, 0.3) is 21.8 Å². The lowest BCUT2D eigenvalue weighted by atomic mass is 10.1. The summed E-state index contributed by atoms with van der Waals surface area (Å²) in [6, 6.07) is 7.74. The number of para-hydroxylation sites is 1. The van der Waals surface area contributed by atoms with Crippen molar-refractivity contribution in [2.75, 3.05) is 11.4 Å². The number of fused-ring (bicyclic) bond motifs is 2. The number of pyridine rings is 1. The third-order valence-corrected chi connectivity index (χ3v) is 5.64. The number of halogens is 3. The third kappa shape index (κ3) is 3.55. The summed E-state index contributed by atoms with van der Waals surface area (Å²) in [6.45, 7) is 0.943. The van der Waals surface area contributed by atoms with Crippen LogP contribution < -0.4 is 10.5 Å². The summed E-state index contributed by atoms with van der Waals surface area (Å²) in [7, 11) is 0. The smallest absolute Gasteiger partial charge is 0.346 e. The van der Waals surface area contributed by atoms with Crippen molar-refractivity contribution in [3.8, 4) is 0 Å². The first kappa shape index (κ1) is 20.3. The number of aromatic nitrogens is 5. The SMILES string of the molecule is Cc1nc(N2CCCC2c2nc3ccccc3c(=O)n2CC(F)(F)F)c2ccncc2n1. The lowest BCUT2D eigenvalue weighted by Crippen LogP contribution is -2.36. The van der Waals surface area contributed by atoms with Gasteiger partial charge in [0.25, 0.3) is 5.56 Å². The fourth-order valence-corrected chi connectivity index (χ4v) is 4.36. The molecule has 3 aromatic heterocycles.